The summed E-state index contributed by atoms with van der Waals surface area (Å²) >= 11 is 0. The Morgan fingerprint density at radius 3 is 2.63 bits per heavy atom. The fourth-order valence-corrected chi connectivity index (χ4v) is 6.50. The largest absolute Gasteiger partial charge is 0.512 e. The number of aliphatic hydroxyl groups excluding tert-OH is 2. The van der Waals surface area contributed by atoms with Gasteiger partial charge in [0.05, 0.1) is 11.9 Å². The van der Waals surface area contributed by atoms with Crippen molar-refractivity contribution >= 4 is 5.78 Å². The summed E-state index contributed by atoms with van der Waals surface area (Å²) in [4.78, 5) is 12.2. The Kier molecular flexibility index (Phi) is 6.12. The number of allylic oxidation sites excluding steroid dienone is 5. The standard InChI is InChI=1S/C27H38O3/c1-17-19(6-4-8-24(17)28)9-10-20-7-5-15-27(3)22(13-14-23(20)27)18(2)25(29)16-26(30)21-11-12-21/h9-10,16,18,21-24,28-29H,1,4-8,11-15H2,2-3H3/b19-9-,20-10+,25-16-/t18-,22+,23?,24-,27+/m0/s1. The Balaban J connectivity index is 1.51. The summed E-state index contributed by atoms with van der Waals surface area (Å²) in [5.74, 6) is 1.57. The smallest absolute Gasteiger partial charge is 0.162 e. The van der Waals surface area contributed by atoms with E-state index in [4.69, 9.17) is 0 Å². The number of hydrogen-bond acceptors (Lipinski definition) is 3. The maximum Gasteiger partial charge on any atom is 0.162 e. The molecule has 4 aliphatic carbocycles. The predicted molar refractivity (Wildman–Crippen MR) is 121 cm³/mol. The van der Waals surface area contributed by atoms with E-state index >= 15 is 0 Å². The number of carbonyl (C=O) groups is 1. The van der Waals surface area contributed by atoms with Crippen molar-refractivity contribution in [2.24, 2.45) is 29.1 Å². The second-order valence-corrected chi connectivity index (χ2v) is 10.5. The first kappa shape index (κ1) is 21.6. The maximum atomic E-state index is 12.2. The van der Waals surface area contributed by atoms with E-state index in [0.717, 1.165) is 56.9 Å². The zero-order chi connectivity index (χ0) is 21.5. The van der Waals surface area contributed by atoms with Crippen molar-refractivity contribution in [2.45, 2.75) is 84.2 Å². The lowest BCUT2D eigenvalue weighted by Gasteiger charge is -2.44. The summed E-state index contributed by atoms with van der Waals surface area (Å²) in [7, 11) is 0. The molecule has 4 fully saturated rings. The minimum atomic E-state index is -0.384. The molecule has 0 aliphatic heterocycles. The molecule has 0 radical (unpaired) electrons. The molecule has 5 atom stereocenters. The van der Waals surface area contributed by atoms with Crippen molar-refractivity contribution in [1.82, 2.24) is 0 Å². The van der Waals surface area contributed by atoms with Crippen molar-refractivity contribution in [1.29, 1.82) is 0 Å². The Labute approximate surface area is 181 Å². The second-order valence-electron chi connectivity index (χ2n) is 10.5. The quantitative estimate of drug-likeness (QED) is 0.418. The third-order valence-corrected chi connectivity index (χ3v) is 8.61. The predicted octanol–water partition coefficient (Wildman–Crippen LogP) is 6.21. The highest BCUT2D eigenvalue weighted by Crippen LogP contribution is 2.60. The van der Waals surface area contributed by atoms with Gasteiger partial charge in [0.2, 0.25) is 0 Å². The van der Waals surface area contributed by atoms with Gasteiger partial charge < -0.3 is 10.2 Å². The van der Waals surface area contributed by atoms with Crippen LogP contribution in [0, 0.1) is 29.1 Å². The van der Waals surface area contributed by atoms with E-state index < -0.39 is 0 Å². The van der Waals surface area contributed by atoms with Gasteiger partial charge in [0, 0.05) is 17.9 Å². The highest BCUT2D eigenvalue weighted by Gasteiger charge is 2.51. The van der Waals surface area contributed by atoms with E-state index in [1.165, 1.54) is 30.1 Å². The van der Waals surface area contributed by atoms with Crippen LogP contribution in [0.2, 0.25) is 0 Å². The lowest BCUT2D eigenvalue weighted by Crippen LogP contribution is -2.36. The van der Waals surface area contributed by atoms with Gasteiger partial charge in [0.25, 0.3) is 0 Å². The lowest BCUT2D eigenvalue weighted by molar-refractivity contribution is -0.115. The van der Waals surface area contributed by atoms with Gasteiger partial charge in [-0.3, -0.25) is 4.79 Å². The third kappa shape index (κ3) is 4.10. The summed E-state index contributed by atoms with van der Waals surface area (Å²) in [5.41, 5.74) is 3.80. The molecule has 0 saturated heterocycles. The molecule has 2 N–H and O–H groups in total. The number of rotatable bonds is 5. The summed E-state index contributed by atoms with van der Waals surface area (Å²) in [6.45, 7) is 8.62. The summed E-state index contributed by atoms with van der Waals surface area (Å²) in [5, 5.41) is 20.8. The molecule has 30 heavy (non-hydrogen) atoms. The first-order valence-electron chi connectivity index (χ1n) is 12.0. The highest BCUT2D eigenvalue weighted by molar-refractivity contribution is 5.93. The number of hydrogen-bond donors (Lipinski definition) is 2. The van der Waals surface area contributed by atoms with Gasteiger partial charge in [-0.2, -0.15) is 0 Å². The molecule has 0 heterocycles. The monoisotopic (exact) mass is 410 g/mol. The normalized spacial score (nSPS) is 38.7. The number of aliphatic hydroxyl groups is 2. The van der Waals surface area contributed by atoms with Gasteiger partial charge in [0.15, 0.2) is 5.78 Å². The van der Waals surface area contributed by atoms with Crippen LogP contribution in [-0.4, -0.2) is 22.1 Å². The van der Waals surface area contributed by atoms with Crippen molar-refractivity contribution in [3.8, 4) is 0 Å². The average molecular weight is 411 g/mol. The fourth-order valence-electron chi connectivity index (χ4n) is 6.50. The molecular weight excluding hydrogens is 372 g/mol. The molecule has 164 valence electrons. The van der Waals surface area contributed by atoms with Crippen molar-refractivity contribution in [3.63, 3.8) is 0 Å². The van der Waals surface area contributed by atoms with Crippen molar-refractivity contribution in [2.75, 3.05) is 0 Å². The van der Waals surface area contributed by atoms with E-state index in [0.29, 0.717) is 17.6 Å². The Morgan fingerprint density at radius 1 is 1.13 bits per heavy atom. The molecule has 0 aromatic rings. The first-order valence-corrected chi connectivity index (χ1v) is 12.0. The highest BCUT2D eigenvalue weighted by atomic mass is 16.3. The molecule has 0 spiro atoms. The molecule has 1 unspecified atom stereocenters. The topological polar surface area (TPSA) is 57.5 Å². The lowest BCUT2D eigenvalue weighted by atomic mass is 9.61. The Morgan fingerprint density at radius 2 is 1.90 bits per heavy atom. The van der Waals surface area contributed by atoms with Crippen LogP contribution in [0.15, 0.2) is 47.3 Å². The zero-order valence-corrected chi connectivity index (χ0v) is 18.7. The van der Waals surface area contributed by atoms with E-state index in [1.807, 2.05) is 0 Å². The maximum absolute atomic E-state index is 12.2. The SMILES string of the molecule is C=C1/C(=C\C=C2/CCC[C@@]3(C)C2CC[C@@H]3[C@H](C)/C(O)=C/C(=O)C2CC2)CCC[C@@H]1O. The van der Waals surface area contributed by atoms with Crippen LogP contribution in [0.3, 0.4) is 0 Å². The Bertz CT molecular complexity index is 797. The molecule has 3 nitrogen and oxygen atoms in total. The summed E-state index contributed by atoms with van der Waals surface area (Å²) < 4.78 is 0. The van der Waals surface area contributed by atoms with Gasteiger partial charge in [0.1, 0.15) is 0 Å². The molecule has 0 aromatic carbocycles. The molecule has 4 rings (SSSR count). The minimum absolute atomic E-state index is 0.0358. The molecule has 4 saturated carbocycles. The van der Waals surface area contributed by atoms with Crippen LogP contribution in [0.5, 0.6) is 0 Å². The van der Waals surface area contributed by atoms with E-state index in [2.05, 4.69) is 32.6 Å². The molecular formula is C27H38O3. The van der Waals surface area contributed by atoms with Crippen LogP contribution >= 0.6 is 0 Å². The zero-order valence-electron chi connectivity index (χ0n) is 18.7. The van der Waals surface area contributed by atoms with Crippen molar-refractivity contribution in [3.05, 3.63) is 47.3 Å². The molecule has 0 aromatic heterocycles. The average Bonchev–Trinajstić information content (AvgIpc) is 3.50. The number of carbonyl (C=O) groups excluding carboxylic acids is 1. The van der Waals surface area contributed by atoms with Gasteiger partial charge in [-0.25, -0.2) is 0 Å². The fraction of sp³-hybridized carbons (Fsp3) is 0.667. The first-order chi connectivity index (χ1) is 14.3. The second kappa shape index (κ2) is 8.49. The molecule has 0 amide bonds. The van der Waals surface area contributed by atoms with Crippen LogP contribution in [0.25, 0.3) is 0 Å². The van der Waals surface area contributed by atoms with Crippen LogP contribution in [-0.2, 0) is 4.79 Å². The van der Waals surface area contributed by atoms with Crippen molar-refractivity contribution < 1.29 is 15.0 Å². The van der Waals surface area contributed by atoms with Crippen LogP contribution in [0.1, 0.15) is 78.1 Å². The van der Waals surface area contributed by atoms with Gasteiger partial charge in [-0.05, 0) is 92.6 Å². The van der Waals surface area contributed by atoms with Gasteiger partial charge >= 0.3 is 0 Å². The third-order valence-electron chi connectivity index (χ3n) is 8.61. The molecule has 3 heteroatoms. The van der Waals surface area contributed by atoms with Crippen LogP contribution < -0.4 is 0 Å². The minimum Gasteiger partial charge on any atom is -0.512 e. The van der Waals surface area contributed by atoms with E-state index in [1.54, 1.807) is 0 Å². The Hall–Kier alpha value is -1.61. The number of ketones is 1. The molecule has 4 aliphatic rings. The van der Waals surface area contributed by atoms with E-state index in [9.17, 15) is 15.0 Å². The van der Waals surface area contributed by atoms with Gasteiger partial charge in [-0.1, -0.05) is 38.2 Å². The van der Waals surface area contributed by atoms with Crippen LogP contribution in [0.4, 0.5) is 0 Å². The van der Waals surface area contributed by atoms with Gasteiger partial charge in [-0.15, -0.1) is 0 Å². The summed E-state index contributed by atoms with van der Waals surface area (Å²) in [6, 6.07) is 0. The summed E-state index contributed by atoms with van der Waals surface area (Å²) in [6.07, 6.45) is 16.3. The molecule has 0 bridgehead atoms. The van der Waals surface area contributed by atoms with E-state index in [-0.39, 0.29) is 29.1 Å². The number of fused-ring (bicyclic) bond motifs is 1.